The quantitative estimate of drug-likeness (QED) is 0.691. The molecule has 6 nitrogen and oxygen atoms in total. The van der Waals surface area contributed by atoms with Crippen molar-refractivity contribution in [1.82, 2.24) is 15.1 Å². The van der Waals surface area contributed by atoms with Crippen LogP contribution in [0.3, 0.4) is 0 Å². The Balaban J connectivity index is 1.88. The summed E-state index contributed by atoms with van der Waals surface area (Å²) < 4.78 is 5.59. The van der Waals surface area contributed by atoms with Crippen molar-refractivity contribution in [3.8, 4) is 0 Å². The molecule has 2 heterocycles. The molecule has 0 aromatic heterocycles. The number of carbonyl (C=O) groups excluding carboxylic acids is 2. The summed E-state index contributed by atoms with van der Waals surface area (Å²) in [5.41, 5.74) is 0. The number of ether oxygens (including phenoxy) is 1. The highest BCUT2D eigenvalue weighted by Gasteiger charge is 2.28. The molecule has 0 spiro atoms. The van der Waals surface area contributed by atoms with E-state index in [1.165, 1.54) is 0 Å². The molecule has 2 fully saturated rings. The van der Waals surface area contributed by atoms with E-state index in [0.29, 0.717) is 26.2 Å². The van der Waals surface area contributed by atoms with Crippen molar-refractivity contribution in [3.63, 3.8) is 0 Å². The van der Waals surface area contributed by atoms with Crippen molar-refractivity contribution < 1.29 is 14.3 Å². The van der Waals surface area contributed by atoms with Crippen molar-refractivity contribution in [2.24, 2.45) is 0 Å². The summed E-state index contributed by atoms with van der Waals surface area (Å²) in [5.74, 6) is 0.0243. The third-order valence-electron chi connectivity index (χ3n) is 3.29. The van der Waals surface area contributed by atoms with E-state index in [1.54, 1.807) is 9.80 Å². The summed E-state index contributed by atoms with van der Waals surface area (Å²) in [4.78, 5) is 27.2. The summed E-state index contributed by atoms with van der Waals surface area (Å²) in [7, 11) is 0. The first-order valence-electron chi connectivity index (χ1n) is 6.48. The van der Waals surface area contributed by atoms with Gasteiger partial charge in [-0.05, 0) is 13.8 Å². The Bertz CT molecular complexity index is 325. The standard InChI is InChI=1S/C12H21N3O3/c1-9-6-15(7-10(2)18-9)12(17)8-14-4-3-13-5-11(14)16/h9-10,13H,3-8H2,1-2H3/t9-,10-/m1/s1. The van der Waals surface area contributed by atoms with E-state index < -0.39 is 0 Å². The molecule has 0 saturated carbocycles. The molecule has 18 heavy (non-hydrogen) atoms. The Labute approximate surface area is 107 Å². The maximum atomic E-state index is 12.2. The van der Waals surface area contributed by atoms with Gasteiger partial charge in [0.25, 0.3) is 0 Å². The van der Waals surface area contributed by atoms with Gasteiger partial charge in [0, 0.05) is 26.2 Å². The first-order valence-corrected chi connectivity index (χ1v) is 6.48. The maximum Gasteiger partial charge on any atom is 0.242 e. The van der Waals surface area contributed by atoms with Crippen LogP contribution in [0.4, 0.5) is 0 Å². The van der Waals surface area contributed by atoms with E-state index in [-0.39, 0.29) is 30.6 Å². The summed E-state index contributed by atoms with van der Waals surface area (Å²) in [6.07, 6.45) is 0.132. The Morgan fingerprint density at radius 1 is 1.39 bits per heavy atom. The van der Waals surface area contributed by atoms with Crippen molar-refractivity contribution in [2.45, 2.75) is 26.1 Å². The molecule has 0 aromatic rings. The lowest BCUT2D eigenvalue weighted by Crippen LogP contribution is -2.55. The van der Waals surface area contributed by atoms with Gasteiger partial charge in [0.05, 0.1) is 25.3 Å². The Kier molecular flexibility index (Phi) is 4.19. The highest BCUT2D eigenvalue weighted by Crippen LogP contribution is 2.11. The molecule has 2 rings (SSSR count). The molecule has 0 bridgehead atoms. The molecule has 0 unspecified atom stereocenters. The monoisotopic (exact) mass is 255 g/mol. The number of rotatable bonds is 2. The van der Waals surface area contributed by atoms with Gasteiger partial charge in [0.1, 0.15) is 0 Å². The minimum Gasteiger partial charge on any atom is -0.372 e. The van der Waals surface area contributed by atoms with Crippen LogP contribution in [-0.2, 0) is 14.3 Å². The molecule has 1 N–H and O–H groups in total. The van der Waals surface area contributed by atoms with Gasteiger partial charge in [-0.3, -0.25) is 9.59 Å². The number of hydrogen-bond donors (Lipinski definition) is 1. The molecular formula is C12H21N3O3. The van der Waals surface area contributed by atoms with Crippen LogP contribution < -0.4 is 5.32 Å². The van der Waals surface area contributed by atoms with Crippen LogP contribution in [0.25, 0.3) is 0 Å². The number of piperazine rings is 1. The second kappa shape index (κ2) is 5.67. The number of amides is 2. The lowest BCUT2D eigenvalue weighted by Gasteiger charge is -2.37. The van der Waals surface area contributed by atoms with Crippen LogP contribution >= 0.6 is 0 Å². The van der Waals surface area contributed by atoms with Crippen molar-refractivity contribution in [2.75, 3.05) is 39.3 Å². The van der Waals surface area contributed by atoms with E-state index in [1.807, 2.05) is 13.8 Å². The second-order valence-electron chi connectivity index (χ2n) is 5.05. The van der Waals surface area contributed by atoms with Crippen molar-refractivity contribution >= 4 is 11.8 Å². The van der Waals surface area contributed by atoms with Crippen molar-refractivity contribution in [1.29, 1.82) is 0 Å². The van der Waals surface area contributed by atoms with Crippen LogP contribution in [0.1, 0.15) is 13.8 Å². The van der Waals surface area contributed by atoms with Crippen LogP contribution in [0.2, 0.25) is 0 Å². The minimum atomic E-state index is 0.00366. The lowest BCUT2D eigenvalue weighted by atomic mass is 10.2. The van der Waals surface area contributed by atoms with E-state index in [9.17, 15) is 9.59 Å². The van der Waals surface area contributed by atoms with Gasteiger partial charge >= 0.3 is 0 Å². The zero-order chi connectivity index (χ0) is 13.1. The molecular weight excluding hydrogens is 234 g/mol. The average Bonchev–Trinajstić information content (AvgIpc) is 2.31. The van der Waals surface area contributed by atoms with E-state index in [2.05, 4.69) is 5.32 Å². The predicted molar refractivity (Wildman–Crippen MR) is 66.0 cm³/mol. The molecule has 2 aliphatic rings. The first-order chi connectivity index (χ1) is 8.56. The minimum absolute atomic E-state index is 0.00366. The summed E-state index contributed by atoms with van der Waals surface area (Å²) in [6.45, 7) is 7.06. The normalized spacial score (nSPS) is 29.6. The number of nitrogens with one attached hydrogen (secondary N) is 1. The zero-order valence-corrected chi connectivity index (χ0v) is 11.0. The second-order valence-corrected chi connectivity index (χ2v) is 5.05. The highest BCUT2D eigenvalue weighted by molar-refractivity contribution is 5.86. The SMILES string of the molecule is C[C@@H]1CN(C(=O)CN2CCNCC2=O)C[C@@H](C)O1. The van der Waals surface area contributed by atoms with Gasteiger partial charge in [-0.1, -0.05) is 0 Å². The predicted octanol–water partition coefficient (Wildman–Crippen LogP) is -0.946. The van der Waals surface area contributed by atoms with E-state index in [4.69, 9.17) is 4.74 Å². The number of morpholine rings is 1. The molecule has 102 valence electrons. The molecule has 6 heteroatoms. The molecule has 2 atom stereocenters. The zero-order valence-electron chi connectivity index (χ0n) is 11.0. The maximum absolute atomic E-state index is 12.2. The topological polar surface area (TPSA) is 61.9 Å². The smallest absolute Gasteiger partial charge is 0.242 e. The molecule has 0 aromatic carbocycles. The lowest BCUT2D eigenvalue weighted by molar-refractivity contribution is -0.148. The van der Waals surface area contributed by atoms with Gasteiger partial charge < -0.3 is 19.9 Å². The summed E-state index contributed by atoms with van der Waals surface area (Å²) in [6, 6.07) is 0. The van der Waals surface area contributed by atoms with Gasteiger partial charge in [-0.2, -0.15) is 0 Å². The largest absolute Gasteiger partial charge is 0.372 e. The van der Waals surface area contributed by atoms with E-state index >= 15 is 0 Å². The molecule has 2 amide bonds. The summed E-state index contributed by atoms with van der Waals surface area (Å²) >= 11 is 0. The van der Waals surface area contributed by atoms with Gasteiger partial charge in [-0.25, -0.2) is 0 Å². The third-order valence-corrected chi connectivity index (χ3v) is 3.29. The van der Waals surface area contributed by atoms with Crippen molar-refractivity contribution in [3.05, 3.63) is 0 Å². The number of carbonyl (C=O) groups is 2. The van der Waals surface area contributed by atoms with Gasteiger partial charge in [0.2, 0.25) is 11.8 Å². The number of hydrogen-bond acceptors (Lipinski definition) is 4. The van der Waals surface area contributed by atoms with Crippen LogP contribution in [0.15, 0.2) is 0 Å². The van der Waals surface area contributed by atoms with Crippen LogP contribution in [-0.4, -0.2) is 73.1 Å². The fraction of sp³-hybridized carbons (Fsp3) is 0.833. The number of nitrogens with zero attached hydrogens (tertiary/aromatic N) is 2. The fourth-order valence-electron chi connectivity index (χ4n) is 2.46. The highest BCUT2D eigenvalue weighted by atomic mass is 16.5. The molecule has 0 radical (unpaired) electrons. The fourth-order valence-corrected chi connectivity index (χ4v) is 2.46. The molecule has 0 aliphatic carbocycles. The molecule has 2 aliphatic heterocycles. The Morgan fingerprint density at radius 2 is 2.06 bits per heavy atom. The molecule has 2 saturated heterocycles. The Morgan fingerprint density at radius 3 is 2.67 bits per heavy atom. The Hall–Kier alpha value is -1.14. The first kappa shape index (κ1) is 13.3. The van der Waals surface area contributed by atoms with Crippen LogP contribution in [0.5, 0.6) is 0 Å². The summed E-state index contributed by atoms with van der Waals surface area (Å²) in [5, 5.41) is 3.00. The van der Waals surface area contributed by atoms with Gasteiger partial charge in [0.15, 0.2) is 0 Å². The van der Waals surface area contributed by atoms with Crippen LogP contribution in [0, 0.1) is 0 Å². The average molecular weight is 255 g/mol. The van der Waals surface area contributed by atoms with Gasteiger partial charge in [-0.15, -0.1) is 0 Å². The van der Waals surface area contributed by atoms with E-state index in [0.717, 1.165) is 6.54 Å². The third kappa shape index (κ3) is 3.20.